The van der Waals surface area contributed by atoms with Crippen LogP contribution < -0.4 is 5.73 Å². The maximum atomic E-state index is 6.33. The Morgan fingerprint density at radius 1 is 1.18 bits per heavy atom. The number of pyridine rings is 1. The summed E-state index contributed by atoms with van der Waals surface area (Å²) in [6.07, 6.45) is 3.64. The lowest BCUT2D eigenvalue weighted by molar-refractivity contribution is 0.843. The second-order valence-electron chi connectivity index (χ2n) is 4.16. The number of nitrogens with zero attached hydrogens (tertiary/aromatic N) is 1. The molecule has 2 aromatic rings. The van der Waals surface area contributed by atoms with E-state index in [0.717, 1.165) is 15.6 Å². The lowest BCUT2D eigenvalue weighted by atomic mass is 9.94. The minimum absolute atomic E-state index is 0.124. The second-order valence-corrected chi connectivity index (χ2v) is 5.02. The van der Waals surface area contributed by atoms with Crippen LogP contribution in [0.5, 0.6) is 0 Å². The third-order valence-electron chi connectivity index (χ3n) is 3.06. The molecule has 0 spiro atoms. The highest BCUT2D eigenvalue weighted by Crippen LogP contribution is 2.28. The zero-order chi connectivity index (χ0) is 12.4. The summed E-state index contributed by atoms with van der Waals surface area (Å²) in [5, 5.41) is 0. The standard InChI is InChI=1S/C14H15BrN2/c1-9-6-7-17-8-12(9)14(16)11-4-3-5-13(15)10(11)2/h3-8,14H,16H2,1-2H3. The molecule has 1 aromatic carbocycles. The summed E-state index contributed by atoms with van der Waals surface area (Å²) in [4.78, 5) is 4.15. The number of aryl methyl sites for hydroxylation is 1. The first kappa shape index (κ1) is 12.3. The molecule has 0 radical (unpaired) electrons. The van der Waals surface area contributed by atoms with Crippen LogP contribution in [-0.2, 0) is 0 Å². The molecule has 1 aromatic heterocycles. The van der Waals surface area contributed by atoms with Crippen molar-refractivity contribution in [1.29, 1.82) is 0 Å². The van der Waals surface area contributed by atoms with Gasteiger partial charge >= 0.3 is 0 Å². The Morgan fingerprint density at radius 3 is 2.65 bits per heavy atom. The summed E-state index contributed by atoms with van der Waals surface area (Å²) in [6, 6.07) is 7.97. The summed E-state index contributed by atoms with van der Waals surface area (Å²) in [6.45, 7) is 4.13. The number of hydrogen-bond acceptors (Lipinski definition) is 2. The summed E-state index contributed by atoms with van der Waals surface area (Å²) < 4.78 is 1.09. The van der Waals surface area contributed by atoms with Crippen molar-refractivity contribution in [1.82, 2.24) is 4.98 Å². The van der Waals surface area contributed by atoms with E-state index in [1.807, 2.05) is 24.4 Å². The summed E-state index contributed by atoms with van der Waals surface area (Å²) in [5.74, 6) is 0. The first-order valence-corrected chi connectivity index (χ1v) is 6.31. The van der Waals surface area contributed by atoms with Crippen molar-refractivity contribution in [3.05, 3.63) is 63.4 Å². The van der Waals surface area contributed by atoms with E-state index in [9.17, 15) is 0 Å². The molecule has 88 valence electrons. The minimum Gasteiger partial charge on any atom is -0.320 e. The maximum Gasteiger partial charge on any atom is 0.0572 e. The van der Waals surface area contributed by atoms with Crippen LogP contribution in [0.4, 0.5) is 0 Å². The molecule has 17 heavy (non-hydrogen) atoms. The van der Waals surface area contributed by atoms with E-state index in [0.29, 0.717) is 0 Å². The van der Waals surface area contributed by atoms with Gasteiger partial charge in [0.2, 0.25) is 0 Å². The Labute approximate surface area is 110 Å². The molecule has 0 aliphatic rings. The molecule has 0 amide bonds. The highest BCUT2D eigenvalue weighted by Gasteiger charge is 2.14. The fraction of sp³-hybridized carbons (Fsp3) is 0.214. The summed E-state index contributed by atoms with van der Waals surface area (Å²) >= 11 is 3.53. The third-order valence-corrected chi connectivity index (χ3v) is 3.92. The van der Waals surface area contributed by atoms with Crippen LogP contribution in [0.2, 0.25) is 0 Å². The number of nitrogens with two attached hydrogens (primary N) is 1. The maximum absolute atomic E-state index is 6.33. The summed E-state index contributed by atoms with van der Waals surface area (Å²) in [7, 11) is 0. The Hall–Kier alpha value is -1.19. The fourth-order valence-electron chi connectivity index (χ4n) is 1.93. The van der Waals surface area contributed by atoms with Crippen molar-refractivity contribution in [2.24, 2.45) is 5.73 Å². The zero-order valence-corrected chi connectivity index (χ0v) is 11.5. The number of rotatable bonds is 2. The van der Waals surface area contributed by atoms with Gasteiger partial charge in [-0.1, -0.05) is 28.1 Å². The van der Waals surface area contributed by atoms with Crippen LogP contribution in [-0.4, -0.2) is 4.98 Å². The Balaban J connectivity index is 2.48. The lowest BCUT2D eigenvalue weighted by Gasteiger charge is -2.17. The van der Waals surface area contributed by atoms with Gasteiger partial charge in [0.15, 0.2) is 0 Å². The molecule has 2 rings (SSSR count). The van der Waals surface area contributed by atoms with Gasteiger partial charge in [-0.15, -0.1) is 0 Å². The third kappa shape index (κ3) is 2.40. The van der Waals surface area contributed by atoms with E-state index in [2.05, 4.69) is 40.8 Å². The molecule has 0 bridgehead atoms. The average Bonchev–Trinajstić information content (AvgIpc) is 2.32. The first-order valence-electron chi connectivity index (χ1n) is 5.52. The monoisotopic (exact) mass is 290 g/mol. The van der Waals surface area contributed by atoms with Gasteiger partial charge in [-0.05, 0) is 48.2 Å². The smallest absolute Gasteiger partial charge is 0.0572 e. The summed E-state index contributed by atoms with van der Waals surface area (Å²) in [5.41, 5.74) is 10.9. The van der Waals surface area contributed by atoms with Gasteiger partial charge in [-0.2, -0.15) is 0 Å². The topological polar surface area (TPSA) is 38.9 Å². The number of benzene rings is 1. The molecule has 0 saturated carbocycles. The largest absolute Gasteiger partial charge is 0.320 e. The molecular formula is C14H15BrN2. The van der Waals surface area contributed by atoms with Crippen molar-refractivity contribution in [3.8, 4) is 0 Å². The molecular weight excluding hydrogens is 276 g/mol. The van der Waals surface area contributed by atoms with Crippen molar-refractivity contribution < 1.29 is 0 Å². The van der Waals surface area contributed by atoms with Gasteiger partial charge in [0, 0.05) is 16.9 Å². The Bertz CT molecular complexity index is 537. The SMILES string of the molecule is Cc1ccncc1C(N)c1cccc(Br)c1C. The van der Waals surface area contributed by atoms with Gasteiger partial charge in [0.1, 0.15) is 0 Å². The molecule has 0 aliphatic carbocycles. The van der Waals surface area contributed by atoms with E-state index < -0.39 is 0 Å². The molecule has 2 N–H and O–H groups in total. The van der Waals surface area contributed by atoms with Crippen LogP contribution in [0.15, 0.2) is 41.1 Å². The molecule has 1 heterocycles. The lowest BCUT2D eigenvalue weighted by Crippen LogP contribution is -2.15. The van der Waals surface area contributed by atoms with Crippen LogP contribution in [0.3, 0.4) is 0 Å². The van der Waals surface area contributed by atoms with E-state index >= 15 is 0 Å². The van der Waals surface area contributed by atoms with Crippen molar-refractivity contribution in [3.63, 3.8) is 0 Å². The predicted molar refractivity (Wildman–Crippen MR) is 73.9 cm³/mol. The molecule has 1 atom stereocenters. The predicted octanol–water partition coefficient (Wildman–Crippen LogP) is 3.51. The minimum atomic E-state index is -0.124. The second kappa shape index (κ2) is 4.98. The molecule has 0 saturated heterocycles. The van der Waals surface area contributed by atoms with E-state index in [-0.39, 0.29) is 6.04 Å². The van der Waals surface area contributed by atoms with E-state index in [1.165, 1.54) is 11.1 Å². The molecule has 0 fully saturated rings. The molecule has 0 aliphatic heterocycles. The van der Waals surface area contributed by atoms with Gasteiger partial charge in [0.25, 0.3) is 0 Å². The van der Waals surface area contributed by atoms with Crippen LogP contribution in [0.1, 0.15) is 28.3 Å². The number of halogens is 1. The van der Waals surface area contributed by atoms with Crippen molar-refractivity contribution in [2.45, 2.75) is 19.9 Å². The van der Waals surface area contributed by atoms with Gasteiger partial charge in [-0.25, -0.2) is 0 Å². The van der Waals surface area contributed by atoms with Gasteiger partial charge < -0.3 is 5.73 Å². The highest BCUT2D eigenvalue weighted by molar-refractivity contribution is 9.10. The first-order chi connectivity index (χ1) is 8.11. The van der Waals surface area contributed by atoms with Crippen molar-refractivity contribution >= 4 is 15.9 Å². The van der Waals surface area contributed by atoms with E-state index in [1.54, 1.807) is 6.20 Å². The quantitative estimate of drug-likeness (QED) is 0.919. The average molecular weight is 291 g/mol. The van der Waals surface area contributed by atoms with Gasteiger partial charge in [-0.3, -0.25) is 4.98 Å². The van der Waals surface area contributed by atoms with Crippen LogP contribution in [0, 0.1) is 13.8 Å². The van der Waals surface area contributed by atoms with Crippen LogP contribution in [0.25, 0.3) is 0 Å². The number of hydrogen-bond donors (Lipinski definition) is 1. The molecule has 2 nitrogen and oxygen atoms in total. The normalized spacial score (nSPS) is 12.5. The zero-order valence-electron chi connectivity index (χ0n) is 9.94. The van der Waals surface area contributed by atoms with Crippen molar-refractivity contribution in [2.75, 3.05) is 0 Å². The fourth-order valence-corrected chi connectivity index (χ4v) is 2.31. The molecule has 3 heteroatoms. The number of aromatic nitrogens is 1. The van der Waals surface area contributed by atoms with Gasteiger partial charge in [0.05, 0.1) is 6.04 Å². The van der Waals surface area contributed by atoms with Crippen LogP contribution >= 0.6 is 15.9 Å². The Morgan fingerprint density at radius 2 is 1.94 bits per heavy atom. The highest BCUT2D eigenvalue weighted by atomic mass is 79.9. The molecule has 1 unspecified atom stereocenters. The Kier molecular flexibility index (Phi) is 3.60. The van der Waals surface area contributed by atoms with E-state index in [4.69, 9.17) is 5.73 Å².